The molecule has 0 unspecified atom stereocenters. The number of hydrogen-bond donors (Lipinski definition) is 1. The molecule has 1 aliphatic rings. The van der Waals surface area contributed by atoms with E-state index in [1.54, 1.807) is 46.0 Å². The number of benzene rings is 2. The summed E-state index contributed by atoms with van der Waals surface area (Å²) in [5.74, 6) is 0.593. The number of ether oxygens (including phenoxy) is 1. The maximum Gasteiger partial charge on any atom is 0.217 e. The van der Waals surface area contributed by atoms with Crippen molar-refractivity contribution in [2.24, 2.45) is 5.92 Å². The fourth-order valence-corrected chi connectivity index (χ4v) is 3.97. The summed E-state index contributed by atoms with van der Waals surface area (Å²) in [6, 6.07) is 17.5. The van der Waals surface area contributed by atoms with Crippen LogP contribution in [0.25, 0.3) is 33.9 Å². The molecule has 0 spiro atoms. The lowest BCUT2D eigenvalue weighted by Gasteiger charge is -2.11. The minimum atomic E-state index is -0.551. The highest BCUT2D eigenvalue weighted by molar-refractivity contribution is 5.70. The monoisotopic (exact) mass is 468 g/mol. The Bertz CT molecular complexity index is 1550. The summed E-state index contributed by atoms with van der Waals surface area (Å²) >= 11 is 0. The van der Waals surface area contributed by atoms with Gasteiger partial charge in [0, 0.05) is 23.9 Å². The topological polar surface area (TPSA) is 90.6 Å². The molecule has 5 aromatic rings. The Balaban J connectivity index is 1.35. The average Bonchev–Trinajstić information content (AvgIpc) is 3.37. The van der Waals surface area contributed by atoms with Crippen molar-refractivity contribution in [3.8, 4) is 39.8 Å². The summed E-state index contributed by atoms with van der Waals surface area (Å²) in [5.41, 5.74) is 1.88. The summed E-state index contributed by atoms with van der Waals surface area (Å²) in [6.45, 7) is 0.626. The highest BCUT2D eigenvalue weighted by atomic mass is 19.1. The molecular formula is C26H21FN6O2. The molecule has 35 heavy (non-hydrogen) atoms. The molecule has 0 atom stereocenters. The summed E-state index contributed by atoms with van der Waals surface area (Å²) < 4.78 is 24.3. The van der Waals surface area contributed by atoms with Gasteiger partial charge in [0.2, 0.25) is 11.3 Å². The maximum absolute atomic E-state index is 15.3. The van der Waals surface area contributed by atoms with Crippen LogP contribution in [0.15, 0.2) is 84.0 Å². The lowest BCUT2D eigenvalue weighted by molar-refractivity contribution is 0.280. The number of rotatable bonds is 7. The van der Waals surface area contributed by atoms with Crippen LogP contribution in [-0.4, -0.2) is 36.4 Å². The molecule has 1 saturated carbocycles. The van der Waals surface area contributed by atoms with Gasteiger partial charge >= 0.3 is 0 Å². The van der Waals surface area contributed by atoms with Crippen LogP contribution in [0.1, 0.15) is 12.8 Å². The molecule has 3 heterocycles. The normalized spacial score (nSPS) is 13.2. The van der Waals surface area contributed by atoms with Gasteiger partial charge in [-0.3, -0.25) is 9.89 Å². The van der Waals surface area contributed by atoms with Crippen molar-refractivity contribution in [3.05, 3.63) is 95.3 Å². The van der Waals surface area contributed by atoms with Gasteiger partial charge in [0.1, 0.15) is 5.82 Å². The summed E-state index contributed by atoms with van der Waals surface area (Å²) in [7, 11) is 0. The first-order valence-corrected chi connectivity index (χ1v) is 11.3. The number of H-pyrrole nitrogens is 1. The number of nitrogens with zero attached hydrogens (tertiary/aromatic N) is 5. The molecule has 9 heteroatoms. The van der Waals surface area contributed by atoms with E-state index in [-0.39, 0.29) is 16.8 Å². The Kier molecular flexibility index (Phi) is 5.21. The molecule has 2 aromatic carbocycles. The van der Waals surface area contributed by atoms with E-state index < -0.39 is 11.2 Å². The second kappa shape index (κ2) is 8.68. The Hall–Kier alpha value is -4.53. The third-order valence-electron chi connectivity index (χ3n) is 5.99. The molecule has 0 saturated heterocycles. The third kappa shape index (κ3) is 4.01. The SMILES string of the molecule is O=c1c(-c2ccc(-n3nccc3OCC3CC3)cc2F)c[nH]nc1-c1ccnn1-c1ccccc1. The lowest BCUT2D eigenvalue weighted by Crippen LogP contribution is -2.14. The van der Waals surface area contributed by atoms with E-state index in [9.17, 15) is 4.79 Å². The number of hydrogen-bond acceptors (Lipinski definition) is 5. The molecule has 8 nitrogen and oxygen atoms in total. The predicted molar refractivity (Wildman–Crippen MR) is 128 cm³/mol. The maximum atomic E-state index is 15.3. The van der Waals surface area contributed by atoms with Crippen LogP contribution < -0.4 is 10.2 Å². The zero-order chi connectivity index (χ0) is 23.8. The number of aromatic amines is 1. The van der Waals surface area contributed by atoms with Gasteiger partial charge in [0.25, 0.3) is 0 Å². The molecule has 1 aliphatic carbocycles. The lowest BCUT2D eigenvalue weighted by atomic mass is 10.0. The van der Waals surface area contributed by atoms with Gasteiger partial charge in [-0.25, -0.2) is 13.8 Å². The minimum absolute atomic E-state index is 0.148. The molecule has 6 rings (SSSR count). The Morgan fingerprint density at radius 3 is 2.54 bits per heavy atom. The van der Waals surface area contributed by atoms with Gasteiger partial charge < -0.3 is 4.74 Å². The van der Waals surface area contributed by atoms with E-state index in [2.05, 4.69) is 20.4 Å². The second-order valence-electron chi connectivity index (χ2n) is 8.44. The minimum Gasteiger partial charge on any atom is -0.477 e. The van der Waals surface area contributed by atoms with Gasteiger partial charge in [-0.05, 0) is 49.1 Å². The van der Waals surface area contributed by atoms with Crippen LogP contribution >= 0.6 is 0 Å². The van der Waals surface area contributed by atoms with E-state index in [1.165, 1.54) is 25.1 Å². The van der Waals surface area contributed by atoms with Crippen LogP contribution in [0.5, 0.6) is 5.88 Å². The van der Waals surface area contributed by atoms with E-state index in [0.29, 0.717) is 29.8 Å². The first-order chi connectivity index (χ1) is 17.2. The predicted octanol–water partition coefficient (Wildman–Crippen LogP) is 4.40. The Labute approximate surface area is 199 Å². The molecular weight excluding hydrogens is 447 g/mol. The Morgan fingerprint density at radius 1 is 0.943 bits per heavy atom. The molecule has 0 aliphatic heterocycles. The molecule has 174 valence electrons. The largest absolute Gasteiger partial charge is 0.477 e. The van der Waals surface area contributed by atoms with Crippen molar-refractivity contribution in [3.63, 3.8) is 0 Å². The van der Waals surface area contributed by atoms with Gasteiger partial charge in [-0.15, -0.1) is 0 Å². The van der Waals surface area contributed by atoms with E-state index in [0.717, 1.165) is 5.69 Å². The summed E-state index contributed by atoms with van der Waals surface area (Å²) in [6.07, 6.45) is 6.96. The molecule has 3 aromatic heterocycles. The van der Waals surface area contributed by atoms with Gasteiger partial charge in [-0.1, -0.05) is 18.2 Å². The zero-order valence-corrected chi connectivity index (χ0v) is 18.6. The Morgan fingerprint density at radius 2 is 1.74 bits per heavy atom. The quantitative estimate of drug-likeness (QED) is 0.382. The van der Waals surface area contributed by atoms with E-state index in [4.69, 9.17) is 4.74 Å². The van der Waals surface area contributed by atoms with Crippen LogP contribution in [0.2, 0.25) is 0 Å². The van der Waals surface area contributed by atoms with E-state index >= 15 is 4.39 Å². The van der Waals surface area contributed by atoms with Crippen LogP contribution in [0, 0.1) is 11.7 Å². The van der Waals surface area contributed by atoms with Crippen molar-refractivity contribution in [1.29, 1.82) is 0 Å². The third-order valence-corrected chi connectivity index (χ3v) is 5.99. The highest BCUT2D eigenvalue weighted by Gasteiger charge is 2.23. The van der Waals surface area contributed by atoms with Crippen LogP contribution in [-0.2, 0) is 0 Å². The molecule has 1 N–H and O–H groups in total. The number of halogens is 1. The van der Waals surface area contributed by atoms with Crippen molar-refractivity contribution >= 4 is 0 Å². The number of para-hydroxylation sites is 1. The van der Waals surface area contributed by atoms with Gasteiger partial charge in [0.15, 0.2) is 5.69 Å². The summed E-state index contributed by atoms with van der Waals surface area (Å²) in [5, 5.41) is 15.5. The highest BCUT2D eigenvalue weighted by Crippen LogP contribution is 2.30. The standard InChI is InChI=1S/C26H21FN6O2/c27-22-14-19(33-24(11-13-30-33)35-16-17-6-7-17)8-9-20(22)21-15-28-31-25(26(21)34)23-10-12-29-32(23)18-4-2-1-3-5-18/h1-5,8-15,17H,6-7,16H2,(H,28,34). The van der Waals surface area contributed by atoms with Crippen molar-refractivity contribution in [2.75, 3.05) is 6.61 Å². The van der Waals surface area contributed by atoms with Gasteiger partial charge in [0.05, 0.1) is 41.6 Å². The van der Waals surface area contributed by atoms with Crippen LogP contribution in [0.3, 0.4) is 0 Å². The first-order valence-electron chi connectivity index (χ1n) is 11.3. The fraction of sp³-hybridized carbons (Fsp3) is 0.154. The molecule has 0 radical (unpaired) electrons. The molecule has 0 bridgehead atoms. The van der Waals surface area contributed by atoms with Crippen molar-refractivity contribution in [1.82, 2.24) is 29.8 Å². The zero-order valence-electron chi connectivity index (χ0n) is 18.6. The van der Waals surface area contributed by atoms with Crippen LogP contribution in [0.4, 0.5) is 4.39 Å². The average molecular weight is 468 g/mol. The first kappa shape index (κ1) is 21.0. The molecule has 1 fully saturated rings. The van der Waals surface area contributed by atoms with Crippen molar-refractivity contribution in [2.45, 2.75) is 12.8 Å². The van der Waals surface area contributed by atoms with Gasteiger partial charge in [-0.2, -0.15) is 15.3 Å². The van der Waals surface area contributed by atoms with Crippen molar-refractivity contribution < 1.29 is 9.13 Å². The smallest absolute Gasteiger partial charge is 0.217 e. The second-order valence-corrected chi connectivity index (χ2v) is 8.44. The fourth-order valence-electron chi connectivity index (χ4n) is 3.97. The molecule has 0 amide bonds. The number of nitrogens with one attached hydrogen (secondary N) is 1. The summed E-state index contributed by atoms with van der Waals surface area (Å²) in [4.78, 5) is 13.4. The number of aromatic nitrogens is 6. The van der Waals surface area contributed by atoms with E-state index in [1.807, 2.05) is 30.3 Å².